The van der Waals surface area contributed by atoms with Gasteiger partial charge in [0.05, 0.1) is 0 Å². The first kappa shape index (κ1) is 11.9. The second-order valence-corrected chi connectivity index (χ2v) is 4.32. The zero-order valence-corrected chi connectivity index (χ0v) is 10.8. The van der Waals surface area contributed by atoms with Gasteiger partial charge in [-0.3, -0.25) is 0 Å². The molecule has 0 saturated heterocycles. The van der Waals surface area contributed by atoms with E-state index in [1.54, 1.807) is 0 Å². The number of anilines is 1. The summed E-state index contributed by atoms with van der Waals surface area (Å²) in [5.41, 5.74) is 1.06. The summed E-state index contributed by atoms with van der Waals surface area (Å²) in [7, 11) is 1.89. The van der Waals surface area contributed by atoms with Crippen molar-refractivity contribution in [2.45, 2.75) is 19.8 Å². The lowest BCUT2D eigenvalue weighted by Crippen LogP contribution is -1.89. The van der Waals surface area contributed by atoms with Gasteiger partial charge < -0.3 is 10.1 Å². The molecule has 0 unspecified atom stereocenters. The molecule has 4 nitrogen and oxygen atoms in total. The van der Waals surface area contributed by atoms with Crippen molar-refractivity contribution < 1.29 is 4.74 Å². The van der Waals surface area contributed by atoms with E-state index in [-0.39, 0.29) is 0 Å². The Morgan fingerprint density at radius 1 is 1.29 bits per heavy atom. The van der Waals surface area contributed by atoms with E-state index < -0.39 is 0 Å². The maximum Gasteiger partial charge on any atom is 0.298 e. The molecule has 1 N–H and O–H groups in total. The highest BCUT2D eigenvalue weighted by molar-refractivity contribution is 7.07. The Kier molecular flexibility index (Phi) is 3.93. The summed E-state index contributed by atoms with van der Waals surface area (Å²) in [6.07, 6.45) is 1.95. The summed E-state index contributed by atoms with van der Waals surface area (Å²) >= 11 is 1.30. The number of aromatic nitrogens is 2. The molecule has 0 bridgehead atoms. The second-order valence-electron chi connectivity index (χ2n) is 3.60. The minimum atomic E-state index is 0.602. The number of hydrogen-bond donors (Lipinski definition) is 1. The molecule has 5 heteroatoms. The molecule has 1 aromatic heterocycles. The maximum atomic E-state index is 5.62. The van der Waals surface area contributed by atoms with E-state index in [1.807, 2.05) is 31.3 Å². The van der Waals surface area contributed by atoms with Gasteiger partial charge in [0.25, 0.3) is 5.19 Å². The van der Waals surface area contributed by atoms with E-state index in [9.17, 15) is 0 Å². The van der Waals surface area contributed by atoms with Crippen molar-refractivity contribution in [3.05, 3.63) is 30.1 Å². The predicted molar refractivity (Wildman–Crippen MR) is 70.0 cm³/mol. The molecule has 0 amide bonds. The molecular weight excluding hydrogens is 234 g/mol. The van der Waals surface area contributed by atoms with Crippen LogP contribution in [0.5, 0.6) is 10.9 Å². The first-order valence-corrected chi connectivity index (χ1v) is 6.37. The molecule has 2 rings (SSSR count). The number of benzene rings is 1. The Hall–Kier alpha value is -1.62. The highest BCUT2D eigenvalue weighted by atomic mass is 32.1. The third-order valence-corrected chi connectivity index (χ3v) is 2.90. The van der Waals surface area contributed by atoms with Crippen molar-refractivity contribution in [2.24, 2.45) is 0 Å². The molecule has 90 valence electrons. The molecule has 0 atom stereocenters. The molecule has 1 aromatic carbocycles. The van der Waals surface area contributed by atoms with Gasteiger partial charge in [0, 0.05) is 30.7 Å². The molecule has 2 aromatic rings. The van der Waals surface area contributed by atoms with E-state index >= 15 is 0 Å². The van der Waals surface area contributed by atoms with Gasteiger partial charge in [0.1, 0.15) is 11.6 Å². The van der Waals surface area contributed by atoms with Gasteiger partial charge in [-0.15, -0.1) is 0 Å². The molecule has 17 heavy (non-hydrogen) atoms. The normalized spacial score (nSPS) is 10.2. The Labute approximate surface area is 105 Å². The van der Waals surface area contributed by atoms with Crippen molar-refractivity contribution in [3.8, 4) is 10.9 Å². The first-order valence-electron chi connectivity index (χ1n) is 5.60. The van der Waals surface area contributed by atoms with Gasteiger partial charge >= 0.3 is 0 Å². The molecule has 0 aliphatic carbocycles. The standard InChI is InChI=1S/C12H15N3OS/c1-3-4-11-14-12(17-15-11)16-10-7-5-9(13-2)6-8-10/h5-8,13H,3-4H2,1-2H3. The molecule has 0 aliphatic rings. The fourth-order valence-corrected chi connectivity index (χ4v) is 1.99. The largest absolute Gasteiger partial charge is 0.430 e. The Morgan fingerprint density at radius 2 is 2.06 bits per heavy atom. The number of aryl methyl sites for hydroxylation is 1. The van der Waals surface area contributed by atoms with E-state index in [0.29, 0.717) is 5.19 Å². The van der Waals surface area contributed by atoms with Crippen molar-refractivity contribution in [1.29, 1.82) is 0 Å². The van der Waals surface area contributed by atoms with Crippen LogP contribution in [0.1, 0.15) is 19.2 Å². The zero-order valence-electron chi connectivity index (χ0n) is 9.93. The van der Waals surface area contributed by atoms with Crippen LogP contribution in [0.4, 0.5) is 5.69 Å². The summed E-state index contributed by atoms with van der Waals surface area (Å²) in [6.45, 7) is 2.11. The van der Waals surface area contributed by atoms with E-state index in [1.165, 1.54) is 11.5 Å². The van der Waals surface area contributed by atoms with Gasteiger partial charge in [-0.1, -0.05) is 6.92 Å². The SMILES string of the molecule is CCCc1nsc(Oc2ccc(NC)cc2)n1. The Balaban J connectivity index is 2.03. The highest BCUT2D eigenvalue weighted by Crippen LogP contribution is 2.24. The van der Waals surface area contributed by atoms with Crippen LogP contribution in [-0.2, 0) is 6.42 Å². The van der Waals surface area contributed by atoms with Crippen LogP contribution in [0.15, 0.2) is 24.3 Å². The Morgan fingerprint density at radius 3 is 2.71 bits per heavy atom. The van der Waals surface area contributed by atoms with E-state index in [0.717, 1.165) is 30.1 Å². The summed E-state index contributed by atoms with van der Waals surface area (Å²) in [6, 6.07) is 7.74. The van der Waals surface area contributed by atoms with Crippen molar-refractivity contribution in [2.75, 3.05) is 12.4 Å². The highest BCUT2D eigenvalue weighted by Gasteiger charge is 2.05. The van der Waals surface area contributed by atoms with Gasteiger partial charge in [0.15, 0.2) is 0 Å². The van der Waals surface area contributed by atoms with E-state index in [2.05, 4.69) is 21.6 Å². The number of nitrogens with one attached hydrogen (secondary N) is 1. The van der Waals surface area contributed by atoms with Crippen molar-refractivity contribution in [1.82, 2.24) is 9.36 Å². The van der Waals surface area contributed by atoms with Crippen LogP contribution in [-0.4, -0.2) is 16.4 Å². The van der Waals surface area contributed by atoms with Crippen molar-refractivity contribution in [3.63, 3.8) is 0 Å². The van der Waals surface area contributed by atoms with Gasteiger partial charge in [-0.2, -0.15) is 9.36 Å². The quantitative estimate of drug-likeness (QED) is 0.883. The molecule has 1 heterocycles. The lowest BCUT2D eigenvalue weighted by Gasteiger charge is -2.02. The smallest absolute Gasteiger partial charge is 0.298 e. The minimum Gasteiger partial charge on any atom is -0.430 e. The molecule has 0 aliphatic heterocycles. The number of rotatable bonds is 5. The van der Waals surface area contributed by atoms with Crippen molar-refractivity contribution >= 4 is 17.2 Å². The van der Waals surface area contributed by atoms with E-state index in [4.69, 9.17) is 4.74 Å². The molecule has 0 saturated carbocycles. The molecule has 0 fully saturated rings. The monoisotopic (exact) mass is 249 g/mol. The third-order valence-electron chi connectivity index (χ3n) is 2.27. The van der Waals surface area contributed by atoms with Crippen LogP contribution in [0.2, 0.25) is 0 Å². The summed E-state index contributed by atoms with van der Waals surface area (Å²) in [5, 5.41) is 3.66. The van der Waals surface area contributed by atoms with Crippen LogP contribution < -0.4 is 10.1 Å². The Bertz CT molecular complexity index is 467. The lowest BCUT2D eigenvalue weighted by atomic mass is 10.3. The average molecular weight is 249 g/mol. The zero-order chi connectivity index (χ0) is 12.1. The number of nitrogens with zero attached hydrogens (tertiary/aromatic N) is 2. The van der Waals surface area contributed by atoms with Gasteiger partial charge in [-0.25, -0.2) is 0 Å². The average Bonchev–Trinajstić information content (AvgIpc) is 2.78. The second kappa shape index (κ2) is 5.63. The third kappa shape index (κ3) is 3.17. The van der Waals surface area contributed by atoms with Crippen LogP contribution >= 0.6 is 11.5 Å². The lowest BCUT2D eigenvalue weighted by molar-refractivity contribution is 0.477. The van der Waals surface area contributed by atoms with Crippen LogP contribution in [0, 0.1) is 0 Å². The molecule has 0 radical (unpaired) electrons. The van der Waals surface area contributed by atoms with Crippen LogP contribution in [0.25, 0.3) is 0 Å². The molecular formula is C12H15N3OS. The van der Waals surface area contributed by atoms with Gasteiger partial charge in [-0.05, 0) is 30.7 Å². The predicted octanol–water partition coefficient (Wildman–Crippen LogP) is 3.32. The number of ether oxygens (including phenoxy) is 1. The summed E-state index contributed by atoms with van der Waals surface area (Å²) in [5.74, 6) is 1.64. The number of hydrogen-bond acceptors (Lipinski definition) is 5. The van der Waals surface area contributed by atoms with Crippen LogP contribution in [0.3, 0.4) is 0 Å². The summed E-state index contributed by atoms with van der Waals surface area (Å²) < 4.78 is 9.85. The maximum absolute atomic E-state index is 5.62. The molecule has 0 spiro atoms. The van der Waals surface area contributed by atoms with Gasteiger partial charge in [0.2, 0.25) is 0 Å². The first-order chi connectivity index (χ1) is 8.31. The fraction of sp³-hybridized carbons (Fsp3) is 0.333. The topological polar surface area (TPSA) is 47.0 Å². The fourth-order valence-electron chi connectivity index (χ4n) is 1.40. The summed E-state index contributed by atoms with van der Waals surface area (Å²) in [4.78, 5) is 4.31. The minimum absolute atomic E-state index is 0.602.